The number of amides is 1. The van der Waals surface area contributed by atoms with Crippen LogP contribution in [-0.4, -0.2) is 23.7 Å². The van der Waals surface area contributed by atoms with Gasteiger partial charge in [0.1, 0.15) is 5.75 Å². The maximum Gasteiger partial charge on any atom is 0.416 e. The van der Waals surface area contributed by atoms with Gasteiger partial charge >= 0.3 is 6.18 Å². The van der Waals surface area contributed by atoms with Gasteiger partial charge in [-0.2, -0.15) is 18.3 Å². The summed E-state index contributed by atoms with van der Waals surface area (Å²) in [6.45, 7) is 2.41. The number of carbonyl (C=O) groups is 1. The van der Waals surface area contributed by atoms with Crippen molar-refractivity contribution in [2.75, 3.05) is 11.9 Å². The number of hydrogen-bond donors (Lipinski definition) is 2. The van der Waals surface area contributed by atoms with E-state index in [4.69, 9.17) is 4.74 Å². The van der Waals surface area contributed by atoms with E-state index in [1.165, 1.54) is 29.7 Å². The first-order valence-electron chi connectivity index (χ1n) is 9.48. The molecule has 12 heteroatoms. The van der Waals surface area contributed by atoms with Gasteiger partial charge in [-0.15, -0.1) is 11.3 Å². The van der Waals surface area contributed by atoms with Crippen LogP contribution in [0.3, 0.4) is 0 Å². The average molecular weight is 606 g/mol. The summed E-state index contributed by atoms with van der Waals surface area (Å²) in [7, 11) is 0. The Kier molecular flexibility index (Phi) is 8.49. The lowest BCUT2D eigenvalue weighted by atomic mass is 10.2. The Bertz CT molecular complexity index is 1150. The molecular weight excluding hydrogens is 589 g/mol. The SMILES string of the molecule is CCOc1c(Br)cc(/C=N\NC(=O)Cc2csc(Nc3cccc(C(F)(F)F)c3)n2)cc1Br. The number of hydrazone groups is 1. The summed E-state index contributed by atoms with van der Waals surface area (Å²) in [4.78, 5) is 16.4. The maximum atomic E-state index is 12.8. The number of alkyl halides is 3. The molecule has 6 nitrogen and oxygen atoms in total. The van der Waals surface area contributed by atoms with E-state index in [1.54, 1.807) is 17.5 Å². The molecule has 0 atom stereocenters. The molecule has 0 fully saturated rings. The van der Waals surface area contributed by atoms with Gasteiger partial charge < -0.3 is 10.1 Å². The second-order valence-electron chi connectivity index (χ2n) is 6.56. The molecule has 0 aliphatic carbocycles. The molecule has 0 spiro atoms. The average Bonchev–Trinajstić information content (AvgIpc) is 3.17. The summed E-state index contributed by atoms with van der Waals surface area (Å²) >= 11 is 8.05. The van der Waals surface area contributed by atoms with Crippen molar-refractivity contribution in [3.05, 3.63) is 67.5 Å². The third-order valence-corrected chi connectivity index (χ3v) is 6.03. The number of benzene rings is 2. The van der Waals surface area contributed by atoms with Crippen molar-refractivity contribution in [3.63, 3.8) is 0 Å². The zero-order valence-electron chi connectivity index (χ0n) is 17.0. The van der Waals surface area contributed by atoms with Gasteiger partial charge in [0.25, 0.3) is 0 Å². The number of ether oxygens (including phenoxy) is 1. The van der Waals surface area contributed by atoms with Crippen LogP contribution in [0.5, 0.6) is 5.75 Å². The fourth-order valence-electron chi connectivity index (χ4n) is 2.66. The quantitative estimate of drug-likeness (QED) is 0.226. The Labute approximate surface area is 208 Å². The van der Waals surface area contributed by atoms with Gasteiger partial charge in [-0.3, -0.25) is 4.79 Å². The van der Waals surface area contributed by atoms with Crippen molar-refractivity contribution in [1.82, 2.24) is 10.4 Å². The summed E-state index contributed by atoms with van der Waals surface area (Å²) in [5.41, 5.74) is 3.13. The zero-order valence-corrected chi connectivity index (χ0v) is 21.0. The minimum atomic E-state index is -4.43. The molecule has 0 bridgehead atoms. The van der Waals surface area contributed by atoms with Gasteiger partial charge in [-0.1, -0.05) is 6.07 Å². The van der Waals surface area contributed by atoms with Crippen molar-refractivity contribution in [3.8, 4) is 5.75 Å². The topological polar surface area (TPSA) is 75.6 Å². The molecule has 1 amide bonds. The van der Waals surface area contributed by atoms with Crippen LogP contribution < -0.4 is 15.5 Å². The monoisotopic (exact) mass is 604 g/mol. The van der Waals surface area contributed by atoms with Crippen molar-refractivity contribution in [1.29, 1.82) is 0 Å². The number of thiazole rings is 1. The highest BCUT2D eigenvalue weighted by atomic mass is 79.9. The van der Waals surface area contributed by atoms with Gasteiger partial charge in [0.2, 0.25) is 5.91 Å². The lowest BCUT2D eigenvalue weighted by molar-refractivity contribution is -0.137. The molecule has 2 N–H and O–H groups in total. The smallest absolute Gasteiger partial charge is 0.416 e. The van der Waals surface area contributed by atoms with E-state index in [1.807, 2.05) is 6.92 Å². The van der Waals surface area contributed by atoms with E-state index in [-0.39, 0.29) is 18.0 Å². The van der Waals surface area contributed by atoms with Crippen LogP contribution >= 0.6 is 43.2 Å². The number of anilines is 2. The van der Waals surface area contributed by atoms with Crippen LogP contribution in [0.4, 0.5) is 24.0 Å². The largest absolute Gasteiger partial charge is 0.492 e. The summed E-state index contributed by atoms with van der Waals surface area (Å²) in [5, 5.41) is 8.81. The molecule has 0 saturated carbocycles. The third-order valence-electron chi connectivity index (χ3n) is 4.05. The number of rotatable bonds is 8. The standard InChI is InChI=1S/C21H17Br2F3N4O2S/c1-2-32-19-16(22)6-12(7-17(19)23)10-27-30-18(31)9-15-11-33-20(29-15)28-14-5-3-4-13(8-14)21(24,25)26/h3-8,10-11H,2,9H2,1H3,(H,28,29)(H,30,31)/b27-10-. The molecule has 3 aromatic rings. The molecule has 0 unspecified atom stereocenters. The van der Waals surface area contributed by atoms with Crippen LogP contribution in [0, 0.1) is 0 Å². The minimum absolute atomic E-state index is 0.0330. The van der Waals surface area contributed by atoms with Gasteiger partial charge in [-0.25, -0.2) is 10.4 Å². The number of nitrogens with zero attached hydrogens (tertiary/aromatic N) is 2. The summed E-state index contributed by atoms with van der Waals surface area (Å²) in [6, 6.07) is 8.42. The van der Waals surface area contributed by atoms with Gasteiger partial charge in [0, 0.05) is 11.1 Å². The van der Waals surface area contributed by atoms with Crippen molar-refractivity contribution in [2.24, 2.45) is 5.10 Å². The lowest BCUT2D eigenvalue weighted by Gasteiger charge is -2.09. The molecule has 0 radical (unpaired) electrons. The minimum Gasteiger partial charge on any atom is -0.492 e. The molecule has 2 aromatic carbocycles. The number of halogens is 5. The van der Waals surface area contributed by atoms with Crippen LogP contribution in [0.15, 0.2) is 55.8 Å². The molecule has 1 heterocycles. The Hall–Kier alpha value is -2.44. The molecule has 174 valence electrons. The van der Waals surface area contributed by atoms with E-state index >= 15 is 0 Å². The maximum absolute atomic E-state index is 12.8. The molecular formula is C21H17Br2F3N4O2S. The molecule has 3 rings (SSSR count). The molecule has 1 aromatic heterocycles. The highest BCUT2D eigenvalue weighted by molar-refractivity contribution is 9.11. The highest BCUT2D eigenvalue weighted by Crippen LogP contribution is 2.34. The Morgan fingerprint density at radius 1 is 1.24 bits per heavy atom. The van der Waals surface area contributed by atoms with E-state index in [0.717, 1.165) is 26.6 Å². The van der Waals surface area contributed by atoms with E-state index in [2.05, 4.69) is 52.7 Å². The fraction of sp³-hybridized carbons (Fsp3) is 0.190. The lowest BCUT2D eigenvalue weighted by Crippen LogP contribution is -2.19. The third kappa shape index (κ3) is 7.27. The number of hydrogen-bond acceptors (Lipinski definition) is 6. The first kappa shape index (κ1) is 25.2. The van der Waals surface area contributed by atoms with E-state index in [9.17, 15) is 18.0 Å². The normalized spacial score (nSPS) is 11.6. The molecule has 0 aliphatic rings. The first-order chi connectivity index (χ1) is 15.7. The van der Waals surface area contributed by atoms with Crippen LogP contribution in [-0.2, 0) is 17.4 Å². The highest BCUT2D eigenvalue weighted by Gasteiger charge is 2.30. The van der Waals surface area contributed by atoms with Gasteiger partial charge in [0.15, 0.2) is 5.13 Å². The number of aromatic nitrogens is 1. The summed E-state index contributed by atoms with van der Waals surface area (Å²) in [5.74, 6) is 0.294. The van der Waals surface area contributed by atoms with E-state index < -0.39 is 11.7 Å². The molecule has 0 saturated heterocycles. The van der Waals surface area contributed by atoms with Crippen molar-refractivity contribution >= 4 is 66.1 Å². The summed E-state index contributed by atoms with van der Waals surface area (Å²) < 4.78 is 45.6. The van der Waals surface area contributed by atoms with Crippen LogP contribution in [0.1, 0.15) is 23.7 Å². The number of carbonyl (C=O) groups excluding carboxylic acids is 1. The molecule has 33 heavy (non-hydrogen) atoms. The fourth-order valence-corrected chi connectivity index (χ4v) is 4.84. The molecule has 0 aliphatic heterocycles. The predicted octanol–water partition coefficient (Wildman–Crippen LogP) is 6.52. The first-order valence-corrected chi connectivity index (χ1v) is 11.9. The Morgan fingerprint density at radius 2 is 1.97 bits per heavy atom. The van der Waals surface area contributed by atoms with Gasteiger partial charge in [-0.05, 0) is 74.7 Å². The second kappa shape index (κ2) is 11.1. The van der Waals surface area contributed by atoms with Gasteiger partial charge in [0.05, 0.1) is 39.4 Å². The van der Waals surface area contributed by atoms with Crippen LogP contribution in [0.25, 0.3) is 0 Å². The van der Waals surface area contributed by atoms with Crippen molar-refractivity contribution in [2.45, 2.75) is 19.5 Å². The Balaban J connectivity index is 1.56. The van der Waals surface area contributed by atoms with Crippen molar-refractivity contribution < 1.29 is 22.7 Å². The summed E-state index contributed by atoms with van der Waals surface area (Å²) in [6.07, 6.45) is -2.97. The van der Waals surface area contributed by atoms with E-state index in [0.29, 0.717) is 23.2 Å². The van der Waals surface area contributed by atoms with Crippen LogP contribution in [0.2, 0.25) is 0 Å². The number of nitrogens with one attached hydrogen (secondary N) is 2. The Morgan fingerprint density at radius 3 is 2.64 bits per heavy atom. The zero-order chi connectivity index (χ0) is 24.0. The second-order valence-corrected chi connectivity index (χ2v) is 9.13. The predicted molar refractivity (Wildman–Crippen MR) is 129 cm³/mol.